The molecule has 0 atom stereocenters. The summed E-state index contributed by atoms with van der Waals surface area (Å²) >= 11 is 4.94. The van der Waals surface area contributed by atoms with Crippen molar-refractivity contribution >= 4 is 17.2 Å². The molecule has 1 rings (SSSR count). The van der Waals surface area contributed by atoms with Crippen LogP contribution in [-0.4, -0.2) is 34.7 Å². The van der Waals surface area contributed by atoms with Crippen LogP contribution in [0.25, 0.3) is 0 Å². The van der Waals surface area contributed by atoms with Gasteiger partial charge in [-0.05, 0) is 30.7 Å². The molecule has 3 N–H and O–H groups in total. The molecular formula is C13H19FN2OS. The van der Waals surface area contributed by atoms with E-state index < -0.39 is 0 Å². The Labute approximate surface area is 112 Å². The van der Waals surface area contributed by atoms with E-state index in [1.54, 1.807) is 6.07 Å². The first-order chi connectivity index (χ1) is 8.58. The van der Waals surface area contributed by atoms with E-state index >= 15 is 0 Å². The van der Waals surface area contributed by atoms with Crippen LogP contribution in [0.4, 0.5) is 4.39 Å². The van der Waals surface area contributed by atoms with Crippen molar-refractivity contribution in [1.82, 2.24) is 4.90 Å². The highest BCUT2D eigenvalue weighted by molar-refractivity contribution is 7.80. The number of hydrogen-bond acceptors (Lipinski definition) is 3. The smallest absolute Gasteiger partial charge is 0.123 e. The highest BCUT2D eigenvalue weighted by atomic mass is 32.1. The summed E-state index contributed by atoms with van der Waals surface area (Å²) in [4.78, 5) is 2.37. The van der Waals surface area contributed by atoms with Gasteiger partial charge in [0.15, 0.2) is 0 Å². The number of aliphatic hydroxyl groups excluding tert-OH is 1. The van der Waals surface area contributed by atoms with Crippen LogP contribution < -0.4 is 5.73 Å². The van der Waals surface area contributed by atoms with Gasteiger partial charge in [0, 0.05) is 25.3 Å². The van der Waals surface area contributed by atoms with Gasteiger partial charge in [0.05, 0.1) is 0 Å². The van der Waals surface area contributed by atoms with E-state index in [2.05, 4.69) is 4.90 Å². The summed E-state index contributed by atoms with van der Waals surface area (Å²) in [5, 5.41) is 8.84. The lowest BCUT2D eigenvalue weighted by atomic mass is 10.1. The molecule has 0 bridgehead atoms. The van der Waals surface area contributed by atoms with E-state index in [4.69, 9.17) is 23.1 Å². The normalized spacial score (nSPS) is 10.9. The Morgan fingerprint density at radius 2 is 2.22 bits per heavy atom. The molecule has 1 aromatic rings. The molecule has 1 aromatic carbocycles. The van der Waals surface area contributed by atoms with Gasteiger partial charge in [-0.1, -0.05) is 25.2 Å². The summed E-state index contributed by atoms with van der Waals surface area (Å²) in [6.45, 7) is 4.52. The maximum Gasteiger partial charge on any atom is 0.123 e. The molecule has 3 nitrogen and oxygen atoms in total. The monoisotopic (exact) mass is 270 g/mol. The molecule has 0 spiro atoms. The molecular weight excluding hydrogens is 251 g/mol. The Morgan fingerprint density at radius 1 is 1.50 bits per heavy atom. The number of benzene rings is 1. The summed E-state index contributed by atoms with van der Waals surface area (Å²) in [5.74, 6) is -0.333. The van der Waals surface area contributed by atoms with Crippen molar-refractivity contribution in [2.24, 2.45) is 5.73 Å². The van der Waals surface area contributed by atoms with Gasteiger partial charge < -0.3 is 10.8 Å². The fourth-order valence-electron chi connectivity index (χ4n) is 1.80. The van der Waals surface area contributed by atoms with Crippen molar-refractivity contribution < 1.29 is 9.50 Å². The maximum atomic E-state index is 13.2. The second kappa shape index (κ2) is 7.41. The molecule has 0 aliphatic heterocycles. The summed E-state index contributed by atoms with van der Waals surface area (Å²) in [6.07, 6.45) is 0.720. The van der Waals surface area contributed by atoms with Crippen LogP contribution in [0.15, 0.2) is 18.2 Å². The van der Waals surface area contributed by atoms with E-state index in [-0.39, 0.29) is 17.4 Å². The zero-order chi connectivity index (χ0) is 13.5. The largest absolute Gasteiger partial charge is 0.396 e. The SMILES string of the molecule is CCN(CCCO)Cc1ccc(F)cc1C(N)=S. The predicted octanol–water partition coefficient (Wildman–Crippen LogP) is 1.66. The van der Waals surface area contributed by atoms with Crippen molar-refractivity contribution in [3.63, 3.8) is 0 Å². The quantitative estimate of drug-likeness (QED) is 0.740. The zero-order valence-corrected chi connectivity index (χ0v) is 11.3. The first-order valence-electron chi connectivity index (χ1n) is 6.00. The van der Waals surface area contributed by atoms with Crippen LogP contribution in [0.3, 0.4) is 0 Å². The summed E-state index contributed by atoms with van der Waals surface area (Å²) < 4.78 is 13.2. The summed E-state index contributed by atoms with van der Waals surface area (Å²) in [6, 6.07) is 4.50. The van der Waals surface area contributed by atoms with Crippen molar-refractivity contribution in [2.75, 3.05) is 19.7 Å². The molecule has 0 aromatic heterocycles. The molecule has 0 radical (unpaired) electrons. The highest BCUT2D eigenvalue weighted by Gasteiger charge is 2.10. The van der Waals surface area contributed by atoms with Crippen LogP contribution in [0.5, 0.6) is 0 Å². The van der Waals surface area contributed by atoms with Crippen molar-refractivity contribution in [3.05, 3.63) is 35.1 Å². The molecule has 0 aliphatic carbocycles. The van der Waals surface area contributed by atoms with Crippen LogP contribution in [-0.2, 0) is 6.54 Å². The standard InChI is InChI=1S/C13H19FN2OS/c1-2-16(6-3-7-17)9-10-4-5-11(14)8-12(10)13(15)18/h4-5,8,17H,2-3,6-7,9H2,1H3,(H2,15,18). The van der Waals surface area contributed by atoms with Crippen molar-refractivity contribution in [1.29, 1.82) is 0 Å². The Hall–Kier alpha value is -1.04. The molecule has 18 heavy (non-hydrogen) atoms. The number of rotatable bonds is 7. The second-order valence-corrected chi connectivity index (χ2v) is 4.55. The number of halogens is 1. The molecule has 0 saturated heterocycles. The molecule has 0 fully saturated rings. The fraction of sp³-hybridized carbons (Fsp3) is 0.462. The minimum atomic E-state index is -0.333. The molecule has 0 aliphatic rings. The van der Waals surface area contributed by atoms with Crippen molar-refractivity contribution in [3.8, 4) is 0 Å². The molecule has 0 saturated carbocycles. The van der Waals surface area contributed by atoms with E-state index in [0.29, 0.717) is 12.1 Å². The Bertz CT molecular complexity index is 412. The topological polar surface area (TPSA) is 49.5 Å². The van der Waals surface area contributed by atoms with E-state index in [1.165, 1.54) is 12.1 Å². The number of thiocarbonyl (C=S) groups is 1. The van der Waals surface area contributed by atoms with Gasteiger partial charge in [-0.15, -0.1) is 0 Å². The fourth-order valence-corrected chi connectivity index (χ4v) is 1.99. The molecule has 5 heteroatoms. The summed E-state index contributed by atoms with van der Waals surface area (Å²) in [5.41, 5.74) is 7.12. The van der Waals surface area contributed by atoms with Crippen molar-refractivity contribution in [2.45, 2.75) is 19.9 Å². The van der Waals surface area contributed by atoms with Gasteiger partial charge >= 0.3 is 0 Å². The molecule has 100 valence electrons. The Kier molecular flexibility index (Phi) is 6.18. The van der Waals surface area contributed by atoms with Gasteiger partial charge in [0.25, 0.3) is 0 Å². The van der Waals surface area contributed by atoms with Gasteiger partial charge in [-0.25, -0.2) is 4.39 Å². The van der Waals surface area contributed by atoms with E-state index in [1.807, 2.05) is 6.92 Å². The molecule has 0 amide bonds. The zero-order valence-electron chi connectivity index (χ0n) is 10.5. The maximum absolute atomic E-state index is 13.2. The van der Waals surface area contributed by atoms with Crippen LogP contribution in [0.2, 0.25) is 0 Å². The second-order valence-electron chi connectivity index (χ2n) is 4.11. The van der Waals surface area contributed by atoms with Crippen LogP contribution >= 0.6 is 12.2 Å². The lowest BCUT2D eigenvalue weighted by Crippen LogP contribution is -2.26. The van der Waals surface area contributed by atoms with Gasteiger partial charge in [-0.3, -0.25) is 4.90 Å². The van der Waals surface area contributed by atoms with Gasteiger partial charge in [0.2, 0.25) is 0 Å². The first kappa shape index (κ1) is 15.0. The highest BCUT2D eigenvalue weighted by Crippen LogP contribution is 2.14. The number of nitrogens with two attached hydrogens (primary N) is 1. The third kappa shape index (κ3) is 4.33. The Balaban J connectivity index is 2.84. The van der Waals surface area contributed by atoms with Gasteiger partial charge in [-0.2, -0.15) is 0 Å². The molecule has 0 unspecified atom stereocenters. The minimum absolute atomic E-state index is 0.169. The molecule has 0 heterocycles. The first-order valence-corrected chi connectivity index (χ1v) is 6.40. The van der Waals surface area contributed by atoms with Gasteiger partial charge in [0.1, 0.15) is 10.8 Å². The average Bonchev–Trinajstić information content (AvgIpc) is 2.35. The minimum Gasteiger partial charge on any atom is -0.396 e. The summed E-state index contributed by atoms with van der Waals surface area (Å²) in [7, 11) is 0. The predicted molar refractivity (Wildman–Crippen MR) is 74.9 cm³/mol. The number of nitrogens with zero attached hydrogens (tertiary/aromatic N) is 1. The average molecular weight is 270 g/mol. The number of hydrogen-bond donors (Lipinski definition) is 2. The lowest BCUT2D eigenvalue weighted by Gasteiger charge is -2.21. The van der Waals surface area contributed by atoms with E-state index in [0.717, 1.165) is 25.1 Å². The Morgan fingerprint density at radius 3 is 2.78 bits per heavy atom. The number of aliphatic hydroxyl groups is 1. The lowest BCUT2D eigenvalue weighted by molar-refractivity contribution is 0.225. The van der Waals surface area contributed by atoms with E-state index in [9.17, 15) is 4.39 Å². The van der Waals surface area contributed by atoms with Crippen LogP contribution in [0, 0.1) is 5.82 Å². The third-order valence-corrected chi connectivity index (χ3v) is 3.03. The van der Waals surface area contributed by atoms with Crippen LogP contribution in [0.1, 0.15) is 24.5 Å². The third-order valence-electron chi connectivity index (χ3n) is 2.81.